The number of hydrogen-bond acceptors (Lipinski definition) is 4. The highest BCUT2D eigenvalue weighted by Gasteiger charge is 2.24. The monoisotopic (exact) mass is 554 g/mol. The van der Waals surface area contributed by atoms with Crippen LogP contribution >= 0.6 is 0 Å². The molecule has 5 aromatic carbocycles. The summed E-state index contributed by atoms with van der Waals surface area (Å²) in [6.07, 6.45) is 3.60. The van der Waals surface area contributed by atoms with Gasteiger partial charge in [-0.15, -0.1) is 0 Å². The zero-order valence-electron chi connectivity index (χ0n) is 23.5. The van der Waals surface area contributed by atoms with Gasteiger partial charge in [-0.05, 0) is 50.0 Å². The molecule has 0 aliphatic rings. The maximum atomic E-state index is 5.14. The molecule has 8 aromatic rings. The Balaban J connectivity index is 1.62. The van der Waals surface area contributed by atoms with E-state index in [2.05, 4.69) is 105 Å². The van der Waals surface area contributed by atoms with Crippen molar-refractivity contribution in [2.75, 3.05) is 0 Å². The molecule has 6 heteroatoms. The van der Waals surface area contributed by atoms with E-state index in [-0.39, 0.29) is 0 Å². The number of nitrogens with zero attached hydrogens (tertiary/aromatic N) is 6. The van der Waals surface area contributed by atoms with Crippen LogP contribution in [0.4, 0.5) is 11.4 Å². The molecule has 0 unspecified atom stereocenters. The minimum atomic E-state index is 0.557. The van der Waals surface area contributed by atoms with Gasteiger partial charge in [0.15, 0.2) is 0 Å². The van der Waals surface area contributed by atoms with Crippen LogP contribution in [0, 0.1) is 0 Å². The van der Waals surface area contributed by atoms with E-state index in [0.717, 1.165) is 60.9 Å². The third-order valence-electron chi connectivity index (χ3n) is 8.03. The van der Waals surface area contributed by atoms with Crippen molar-refractivity contribution in [2.45, 2.75) is 6.92 Å². The van der Waals surface area contributed by atoms with Crippen molar-refractivity contribution in [2.24, 2.45) is 9.98 Å². The molecule has 0 fully saturated rings. The Bertz CT molecular complexity index is 2360. The molecule has 3 aromatic heterocycles. The van der Waals surface area contributed by atoms with Crippen molar-refractivity contribution in [1.82, 2.24) is 19.1 Å². The van der Waals surface area contributed by atoms with Crippen molar-refractivity contribution < 1.29 is 0 Å². The number of aliphatic imine (C=N–C) groups is 2. The fourth-order valence-corrected chi connectivity index (χ4v) is 6.28. The first-order chi connectivity index (χ1) is 21.3. The molecular weight excluding hydrogens is 528 g/mol. The summed E-state index contributed by atoms with van der Waals surface area (Å²) in [5.74, 6) is 0.557. The van der Waals surface area contributed by atoms with E-state index in [4.69, 9.17) is 9.97 Å². The normalized spacial score (nSPS) is 11.8. The molecule has 0 saturated carbocycles. The van der Waals surface area contributed by atoms with Crippen LogP contribution in [0.25, 0.3) is 66.5 Å². The zero-order chi connectivity index (χ0) is 28.9. The Morgan fingerprint density at radius 1 is 0.651 bits per heavy atom. The molecular formula is C37H26N6. The van der Waals surface area contributed by atoms with Gasteiger partial charge in [-0.2, -0.15) is 0 Å². The fraction of sp³-hybridized carbons (Fsp3) is 0.0270. The van der Waals surface area contributed by atoms with Crippen LogP contribution in [0.3, 0.4) is 0 Å². The number of aromatic nitrogens is 4. The van der Waals surface area contributed by atoms with Gasteiger partial charge in [-0.3, -0.25) is 14.6 Å². The largest absolute Gasteiger partial charge is 0.307 e. The second-order valence-corrected chi connectivity index (χ2v) is 10.4. The van der Waals surface area contributed by atoms with E-state index >= 15 is 0 Å². The number of benzene rings is 5. The minimum Gasteiger partial charge on any atom is -0.307 e. The van der Waals surface area contributed by atoms with Crippen LogP contribution in [0.15, 0.2) is 131 Å². The van der Waals surface area contributed by atoms with Gasteiger partial charge in [0.1, 0.15) is 5.69 Å². The van der Waals surface area contributed by atoms with Crippen molar-refractivity contribution in [1.29, 1.82) is 0 Å². The molecule has 6 nitrogen and oxygen atoms in total. The van der Waals surface area contributed by atoms with E-state index in [9.17, 15) is 0 Å². The van der Waals surface area contributed by atoms with E-state index < -0.39 is 0 Å². The predicted octanol–water partition coefficient (Wildman–Crippen LogP) is 9.39. The highest BCUT2D eigenvalue weighted by atomic mass is 15.2. The lowest BCUT2D eigenvalue weighted by molar-refractivity contribution is 0.991. The highest BCUT2D eigenvalue weighted by molar-refractivity contribution is 6.25. The van der Waals surface area contributed by atoms with Crippen molar-refractivity contribution in [3.05, 3.63) is 121 Å². The van der Waals surface area contributed by atoms with E-state index in [1.165, 1.54) is 5.39 Å². The first-order valence-corrected chi connectivity index (χ1v) is 14.2. The third kappa shape index (κ3) is 3.73. The predicted molar refractivity (Wildman–Crippen MR) is 179 cm³/mol. The van der Waals surface area contributed by atoms with Crippen LogP contribution < -0.4 is 0 Å². The van der Waals surface area contributed by atoms with Gasteiger partial charge in [0, 0.05) is 45.2 Å². The molecule has 0 N–H and O–H groups in total. The Morgan fingerprint density at radius 2 is 1.30 bits per heavy atom. The lowest BCUT2D eigenvalue weighted by atomic mass is 10.1. The molecule has 43 heavy (non-hydrogen) atoms. The van der Waals surface area contributed by atoms with E-state index in [1.807, 2.05) is 49.5 Å². The summed E-state index contributed by atoms with van der Waals surface area (Å²) in [6, 6.07) is 39.7. The lowest BCUT2D eigenvalue weighted by Gasteiger charge is -2.13. The van der Waals surface area contributed by atoms with Crippen molar-refractivity contribution >= 4 is 67.9 Å². The first-order valence-electron chi connectivity index (χ1n) is 14.2. The molecule has 8 rings (SSSR count). The fourth-order valence-electron chi connectivity index (χ4n) is 6.28. The molecule has 0 radical (unpaired) electrons. The Hall–Kier alpha value is -5.88. The molecule has 3 heterocycles. The molecule has 0 aliphatic heterocycles. The Morgan fingerprint density at radius 3 is 2.07 bits per heavy atom. The quantitative estimate of drug-likeness (QED) is 0.199. The average Bonchev–Trinajstić information content (AvgIpc) is 3.59. The van der Waals surface area contributed by atoms with E-state index in [1.54, 1.807) is 6.21 Å². The summed E-state index contributed by atoms with van der Waals surface area (Å²) in [7, 11) is 0. The van der Waals surface area contributed by atoms with Crippen LogP contribution in [0.2, 0.25) is 0 Å². The van der Waals surface area contributed by atoms with Gasteiger partial charge >= 0.3 is 0 Å². The second kappa shape index (κ2) is 9.89. The lowest BCUT2D eigenvalue weighted by Crippen LogP contribution is -2.03. The number of rotatable bonds is 5. The molecule has 0 bridgehead atoms. The van der Waals surface area contributed by atoms with Gasteiger partial charge in [0.05, 0.1) is 33.4 Å². The summed E-state index contributed by atoms with van der Waals surface area (Å²) in [5, 5.41) is 4.44. The van der Waals surface area contributed by atoms with Gasteiger partial charge < -0.3 is 4.57 Å². The van der Waals surface area contributed by atoms with Crippen molar-refractivity contribution in [3.8, 4) is 22.9 Å². The van der Waals surface area contributed by atoms with Crippen molar-refractivity contribution in [3.63, 3.8) is 0 Å². The molecule has 0 atom stereocenters. The average molecular weight is 555 g/mol. The maximum absolute atomic E-state index is 5.14. The van der Waals surface area contributed by atoms with Crippen LogP contribution in [-0.2, 0) is 0 Å². The van der Waals surface area contributed by atoms with Crippen LogP contribution in [0.1, 0.15) is 6.92 Å². The molecule has 204 valence electrons. The Kier molecular flexibility index (Phi) is 5.72. The summed E-state index contributed by atoms with van der Waals surface area (Å²) in [4.78, 5) is 19.2. The van der Waals surface area contributed by atoms with Crippen LogP contribution in [0.5, 0.6) is 0 Å². The first kappa shape index (κ1) is 24.9. The third-order valence-corrected chi connectivity index (χ3v) is 8.03. The number of hydrogen-bond donors (Lipinski definition) is 0. The smallest absolute Gasteiger partial charge is 0.235 e. The molecule has 0 saturated heterocycles. The van der Waals surface area contributed by atoms with Gasteiger partial charge in [0.2, 0.25) is 5.95 Å². The summed E-state index contributed by atoms with van der Waals surface area (Å²) in [6.45, 7) is 5.88. The Labute approximate surface area is 247 Å². The standard InChI is InChI=1S/C37H26N6/c1-3-39-31-21-20-28-29-19-18-27-26-16-10-11-17-32(26)42(25-14-8-5-9-15-25)35(27)36(29)43(34(28)33(31)38-2)37-40-23-22-30(41-37)24-12-6-4-7-13-24/h3-23H,2H2,1H3. The minimum absolute atomic E-state index is 0.557. The number of fused-ring (bicyclic) bond motifs is 7. The van der Waals surface area contributed by atoms with Gasteiger partial charge in [0.25, 0.3) is 0 Å². The highest BCUT2D eigenvalue weighted by Crippen LogP contribution is 2.46. The SMILES string of the molecule is C=Nc1c(N=CC)ccc2c3ccc4c5ccccc5n(-c5ccccc5)c4c3n(-c3nccc(-c4ccccc4)n3)c12. The summed E-state index contributed by atoms with van der Waals surface area (Å²) >= 11 is 0. The topological polar surface area (TPSA) is 60.4 Å². The molecule has 0 spiro atoms. The van der Waals surface area contributed by atoms with E-state index in [0.29, 0.717) is 11.6 Å². The summed E-state index contributed by atoms with van der Waals surface area (Å²) < 4.78 is 4.49. The van der Waals surface area contributed by atoms with Gasteiger partial charge in [-0.25, -0.2) is 9.97 Å². The second-order valence-electron chi connectivity index (χ2n) is 10.4. The maximum Gasteiger partial charge on any atom is 0.235 e. The molecule has 0 aliphatic carbocycles. The summed E-state index contributed by atoms with van der Waals surface area (Å²) in [5.41, 5.74) is 8.45. The van der Waals surface area contributed by atoms with Gasteiger partial charge in [-0.1, -0.05) is 78.9 Å². The number of para-hydroxylation sites is 2. The zero-order valence-corrected chi connectivity index (χ0v) is 23.5. The molecule has 0 amide bonds. The van der Waals surface area contributed by atoms with Crippen LogP contribution in [-0.4, -0.2) is 32.0 Å².